The van der Waals surface area contributed by atoms with Gasteiger partial charge in [-0.15, -0.1) is 0 Å². The second-order valence-corrected chi connectivity index (χ2v) is 4.63. The van der Waals surface area contributed by atoms with Crippen LogP contribution in [-0.4, -0.2) is 31.5 Å². The van der Waals surface area contributed by atoms with E-state index in [0.717, 1.165) is 42.9 Å². The minimum absolute atomic E-state index is 0.114. The quantitative estimate of drug-likeness (QED) is 0.836. The van der Waals surface area contributed by atoms with Crippen LogP contribution in [0.1, 0.15) is 24.8 Å². The van der Waals surface area contributed by atoms with Crippen LogP contribution in [0, 0.1) is 0 Å². The number of aliphatic hydroxyl groups excluding tert-OH is 1. The molecule has 0 heterocycles. The molecule has 4 nitrogen and oxygen atoms in total. The summed E-state index contributed by atoms with van der Waals surface area (Å²) < 4.78 is 11.3. The van der Waals surface area contributed by atoms with Crippen molar-refractivity contribution in [2.75, 3.05) is 14.2 Å². The Morgan fingerprint density at radius 3 is 2.83 bits per heavy atom. The van der Waals surface area contributed by atoms with E-state index >= 15 is 0 Å². The van der Waals surface area contributed by atoms with Gasteiger partial charge in [0.15, 0.2) is 11.5 Å². The van der Waals surface area contributed by atoms with Crippen LogP contribution in [0.3, 0.4) is 0 Å². The highest BCUT2D eigenvalue weighted by atomic mass is 16.5. The number of nitrogens with one attached hydrogen (secondary N) is 1. The van der Waals surface area contributed by atoms with E-state index in [0.29, 0.717) is 0 Å². The molecule has 1 aromatic carbocycles. The molecule has 4 heteroatoms. The van der Waals surface area contributed by atoms with Crippen molar-refractivity contribution in [1.82, 2.24) is 5.32 Å². The van der Waals surface area contributed by atoms with Crippen LogP contribution in [0.4, 0.5) is 0 Å². The summed E-state index contributed by atoms with van der Waals surface area (Å²) in [5, 5.41) is 13.0. The summed E-state index contributed by atoms with van der Waals surface area (Å²) in [7, 11) is 3.53. The number of hydrogen-bond donors (Lipinski definition) is 2. The molecule has 18 heavy (non-hydrogen) atoms. The molecule has 2 unspecified atom stereocenters. The van der Waals surface area contributed by atoms with Gasteiger partial charge < -0.3 is 19.9 Å². The summed E-state index contributed by atoms with van der Waals surface area (Å²) in [6.07, 6.45) is 2.26. The highest BCUT2D eigenvalue weighted by Gasteiger charge is 2.28. The molecule has 1 aliphatic carbocycles. The molecular weight excluding hydrogens is 230 g/mol. The third kappa shape index (κ3) is 2.76. The fourth-order valence-corrected chi connectivity index (χ4v) is 2.38. The fraction of sp³-hybridized carbons (Fsp3) is 0.571. The highest BCUT2D eigenvalue weighted by Crippen LogP contribution is 2.34. The fourth-order valence-electron chi connectivity index (χ4n) is 2.38. The number of para-hydroxylation sites is 1. The molecule has 100 valence electrons. The number of rotatable bonds is 5. The Hall–Kier alpha value is -1.26. The van der Waals surface area contributed by atoms with Crippen LogP contribution in [0.2, 0.25) is 0 Å². The maximum absolute atomic E-state index is 9.85. The van der Waals surface area contributed by atoms with Crippen molar-refractivity contribution in [1.29, 1.82) is 0 Å². The molecule has 0 radical (unpaired) electrons. The first-order valence-corrected chi connectivity index (χ1v) is 6.41. The lowest BCUT2D eigenvalue weighted by molar-refractivity contribution is 0.0579. The van der Waals surface area contributed by atoms with Gasteiger partial charge in [0, 0.05) is 12.1 Å². The Balaban J connectivity index is 2.22. The normalized spacial score (nSPS) is 23.1. The first-order chi connectivity index (χ1) is 8.76. The molecule has 0 amide bonds. The zero-order valence-corrected chi connectivity index (χ0v) is 11.0. The largest absolute Gasteiger partial charge is 0.493 e. The molecule has 2 atom stereocenters. The van der Waals surface area contributed by atoms with Gasteiger partial charge >= 0.3 is 0 Å². The van der Waals surface area contributed by atoms with Gasteiger partial charge in [0.05, 0.1) is 13.2 Å². The predicted octanol–water partition coefficient (Wildman–Crippen LogP) is 1.71. The maximum Gasteiger partial charge on any atom is 0.166 e. The molecule has 0 saturated heterocycles. The smallest absolute Gasteiger partial charge is 0.166 e. The minimum Gasteiger partial charge on any atom is -0.493 e. The van der Waals surface area contributed by atoms with Gasteiger partial charge in [-0.3, -0.25) is 0 Å². The standard InChI is InChI=1S/C14H21NO3/c1-15-9-10-5-3-8-13(17-2)14(10)18-12-7-4-6-11(12)16/h3,5,8,11-12,15-16H,4,6-7,9H2,1-2H3. The molecule has 2 rings (SSSR count). The number of ether oxygens (including phenoxy) is 2. The van der Waals surface area contributed by atoms with Crippen molar-refractivity contribution in [2.24, 2.45) is 0 Å². The van der Waals surface area contributed by atoms with E-state index in [1.165, 1.54) is 0 Å². The van der Waals surface area contributed by atoms with Crippen molar-refractivity contribution in [3.05, 3.63) is 23.8 Å². The highest BCUT2D eigenvalue weighted by molar-refractivity contribution is 5.46. The van der Waals surface area contributed by atoms with Crippen LogP contribution in [0.25, 0.3) is 0 Å². The van der Waals surface area contributed by atoms with E-state index in [4.69, 9.17) is 9.47 Å². The summed E-state index contributed by atoms with van der Waals surface area (Å²) >= 11 is 0. The Labute approximate surface area is 108 Å². The molecular formula is C14H21NO3. The first kappa shape index (κ1) is 13.2. The van der Waals surface area contributed by atoms with Crippen LogP contribution in [0.5, 0.6) is 11.5 Å². The number of hydrogen-bond acceptors (Lipinski definition) is 4. The van der Waals surface area contributed by atoms with Crippen molar-refractivity contribution in [3.63, 3.8) is 0 Å². The molecule has 0 spiro atoms. The van der Waals surface area contributed by atoms with Crippen molar-refractivity contribution < 1.29 is 14.6 Å². The van der Waals surface area contributed by atoms with Crippen molar-refractivity contribution in [2.45, 2.75) is 38.0 Å². The summed E-state index contributed by atoms with van der Waals surface area (Å²) in [6.45, 7) is 0.718. The zero-order valence-electron chi connectivity index (χ0n) is 11.0. The molecule has 1 aliphatic rings. The van der Waals surface area contributed by atoms with Gasteiger partial charge in [-0.1, -0.05) is 12.1 Å². The molecule has 1 fully saturated rings. The van der Waals surface area contributed by atoms with Gasteiger partial charge in [0.25, 0.3) is 0 Å². The summed E-state index contributed by atoms with van der Waals surface area (Å²) in [4.78, 5) is 0. The van der Waals surface area contributed by atoms with Crippen molar-refractivity contribution in [3.8, 4) is 11.5 Å². The van der Waals surface area contributed by atoms with E-state index < -0.39 is 0 Å². The van der Waals surface area contributed by atoms with Crippen LogP contribution in [0.15, 0.2) is 18.2 Å². The minimum atomic E-state index is -0.364. The zero-order chi connectivity index (χ0) is 13.0. The Bertz CT molecular complexity index is 395. The molecule has 0 aliphatic heterocycles. The average Bonchev–Trinajstić information content (AvgIpc) is 2.77. The molecule has 2 N–H and O–H groups in total. The van der Waals surface area contributed by atoms with Crippen LogP contribution in [-0.2, 0) is 6.54 Å². The molecule has 0 aromatic heterocycles. The molecule has 1 saturated carbocycles. The topological polar surface area (TPSA) is 50.7 Å². The monoisotopic (exact) mass is 251 g/mol. The van der Waals surface area contributed by atoms with Gasteiger partial charge in [-0.2, -0.15) is 0 Å². The van der Waals surface area contributed by atoms with E-state index in [1.54, 1.807) is 7.11 Å². The second kappa shape index (κ2) is 6.07. The number of aliphatic hydroxyl groups is 1. The SMILES string of the molecule is CNCc1cccc(OC)c1OC1CCCC1O. The molecule has 1 aromatic rings. The van der Waals surface area contributed by atoms with Gasteiger partial charge in [-0.25, -0.2) is 0 Å². The number of methoxy groups -OCH3 is 1. The van der Waals surface area contributed by atoms with Gasteiger partial charge in [-0.05, 0) is 32.4 Å². The Kier molecular flexibility index (Phi) is 4.44. The van der Waals surface area contributed by atoms with E-state index in [9.17, 15) is 5.11 Å². The maximum atomic E-state index is 9.85. The third-order valence-corrected chi connectivity index (χ3v) is 3.33. The summed E-state index contributed by atoms with van der Waals surface area (Å²) in [5.41, 5.74) is 1.05. The van der Waals surface area contributed by atoms with Crippen LogP contribution >= 0.6 is 0 Å². The number of benzene rings is 1. The van der Waals surface area contributed by atoms with E-state index in [1.807, 2.05) is 25.2 Å². The van der Waals surface area contributed by atoms with Crippen LogP contribution < -0.4 is 14.8 Å². The van der Waals surface area contributed by atoms with E-state index in [-0.39, 0.29) is 12.2 Å². The second-order valence-electron chi connectivity index (χ2n) is 4.63. The molecule has 0 bridgehead atoms. The predicted molar refractivity (Wildman–Crippen MR) is 70.0 cm³/mol. The Morgan fingerprint density at radius 1 is 1.39 bits per heavy atom. The lowest BCUT2D eigenvalue weighted by Crippen LogP contribution is -2.26. The van der Waals surface area contributed by atoms with E-state index in [2.05, 4.69) is 5.32 Å². The third-order valence-electron chi connectivity index (χ3n) is 3.33. The lowest BCUT2D eigenvalue weighted by atomic mass is 10.1. The van der Waals surface area contributed by atoms with Gasteiger partial charge in [0.2, 0.25) is 0 Å². The first-order valence-electron chi connectivity index (χ1n) is 6.41. The average molecular weight is 251 g/mol. The summed E-state index contributed by atoms with van der Waals surface area (Å²) in [6, 6.07) is 5.84. The summed E-state index contributed by atoms with van der Waals surface area (Å²) in [5.74, 6) is 1.47. The lowest BCUT2D eigenvalue weighted by Gasteiger charge is -2.21. The van der Waals surface area contributed by atoms with Gasteiger partial charge in [0.1, 0.15) is 6.10 Å². The Morgan fingerprint density at radius 2 is 2.22 bits per heavy atom. The van der Waals surface area contributed by atoms with Crippen molar-refractivity contribution >= 4 is 0 Å².